The van der Waals surface area contributed by atoms with E-state index in [0.717, 1.165) is 11.2 Å². The maximum atomic E-state index is 11.5. The van der Waals surface area contributed by atoms with Crippen LogP contribution in [0, 0.1) is 0 Å². The van der Waals surface area contributed by atoms with Gasteiger partial charge in [0, 0.05) is 6.42 Å². The van der Waals surface area contributed by atoms with Crippen LogP contribution in [0.1, 0.15) is 23.2 Å². The van der Waals surface area contributed by atoms with Gasteiger partial charge in [-0.15, -0.1) is 0 Å². The molecule has 1 aromatic carbocycles. The third-order valence-electron chi connectivity index (χ3n) is 3.70. The van der Waals surface area contributed by atoms with E-state index >= 15 is 0 Å². The van der Waals surface area contributed by atoms with Crippen molar-refractivity contribution in [2.75, 3.05) is 7.11 Å². The molecule has 0 fully saturated rings. The maximum Gasteiger partial charge on any atom is 0.337 e. The fourth-order valence-corrected chi connectivity index (χ4v) is 11.0. The first kappa shape index (κ1) is 19.6. The fraction of sp³-hybridized carbons (Fsp3) is 0.500. The molecule has 0 saturated carbocycles. The van der Waals surface area contributed by atoms with E-state index in [2.05, 4.69) is 26.2 Å². The average molecular weight is 355 g/mol. The molecular weight excluding hydrogens is 328 g/mol. The lowest BCUT2D eigenvalue weighted by Crippen LogP contribution is -2.52. The summed E-state index contributed by atoms with van der Waals surface area (Å²) in [5.41, 5.74) is 0.527. The molecule has 0 aromatic heterocycles. The largest absolute Gasteiger partial charge is 0.481 e. The zero-order valence-electron chi connectivity index (χ0n) is 14.5. The molecule has 0 aliphatic carbocycles. The van der Waals surface area contributed by atoms with Crippen LogP contribution in [-0.2, 0) is 13.6 Å². The third kappa shape index (κ3) is 6.28. The van der Waals surface area contributed by atoms with Crippen molar-refractivity contribution in [3.05, 3.63) is 29.8 Å². The predicted molar refractivity (Wildman–Crippen MR) is 95.1 cm³/mol. The van der Waals surface area contributed by atoms with Gasteiger partial charge in [0.05, 0.1) is 12.7 Å². The molecule has 0 amide bonds. The molecule has 0 aliphatic rings. The monoisotopic (exact) mass is 354 g/mol. The molecule has 7 heteroatoms. The van der Waals surface area contributed by atoms with Crippen LogP contribution >= 0.6 is 0 Å². The van der Waals surface area contributed by atoms with E-state index in [1.54, 1.807) is 12.1 Å². The van der Waals surface area contributed by atoms with Crippen molar-refractivity contribution in [1.82, 2.24) is 0 Å². The van der Waals surface area contributed by atoms with Crippen molar-refractivity contribution in [3.63, 3.8) is 0 Å². The van der Waals surface area contributed by atoms with E-state index in [9.17, 15) is 9.59 Å². The number of ether oxygens (including phenoxy) is 1. The molecule has 0 atom stereocenters. The summed E-state index contributed by atoms with van der Waals surface area (Å²) in [6.07, 6.45) is 0.843. The zero-order chi connectivity index (χ0) is 17.7. The lowest BCUT2D eigenvalue weighted by atomic mass is 10.2. The van der Waals surface area contributed by atoms with Crippen molar-refractivity contribution in [2.24, 2.45) is 0 Å². The summed E-state index contributed by atoms with van der Waals surface area (Å²) in [4.78, 5) is 22.1. The Kier molecular flexibility index (Phi) is 6.73. The normalized spacial score (nSPS) is 12.0. The zero-order valence-corrected chi connectivity index (χ0v) is 16.5. The molecule has 0 bridgehead atoms. The van der Waals surface area contributed by atoms with Crippen LogP contribution in [0.15, 0.2) is 24.3 Å². The van der Waals surface area contributed by atoms with E-state index in [1.807, 2.05) is 12.1 Å². The summed E-state index contributed by atoms with van der Waals surface area (Å²) in [6, 6.07) is 8.22. The number of hydrogen-bond acceptors (Lipinski definition) is 4. The van der Waals surface area contributed by atoms with Crippen LogP contribution in [0.2, 0.25) is 32.2 Å². The molecule has 0 aliphatic heterocycles. The first-order valence-electron chi connectivity index (χ1n) is 7.68. The van der Waals surface area contributed by atoms with Gasteiger partial charge in [-0.25, -0.2) is 4.79 Å². The standard InChI is InChI=1S/C16H26O5Si2/c1-20-16(19)13-8-10-14(11-9-13)23(4,5)21-22(2,3)12-6-7-15(17)18/h8-11H,6-7,12H2,1-5H3,(H,17,18). The SMILES string of the molecule is COC(=O)c1ccc([Si](C)(C)O[Si](C)(C)CCCC(=O)O)cc1. The summed E-state index contributed by atoms with van der Waals surface area (Å²) >= 11 is 0. The summed E-state index contributed by atoms with van der Waals surface area (Å²) in [5.74, 6) is -1.11. The van der Waals surface area contributed by atoms with E-state index < -0.39 is 22.6 Å². The number of methoxy groups -OCH3 is 1. The van der Waals surface area contributed by atoms with Gasteiger partial charge in [-0.05, 0) is 56.0 Å². The quantitative estimate of drug-likeness (QED) is 0.574. The van der Waals surface area contributed by atoms with Gasteiger partial charge in [0.2, 0.25) is 8.32 Å². The highest BCUT2D eigenvalue weighted by Crippen LogP contribution is 2.21. The summed E-state index contributed by atoms with van der Waals surface area (Å²) in [7, 11) is -2.66. The van der Waals surface area contributed by atoms with Crippen LogP contribution < -0.4 is 5.19 Å². The Morgan fingerprint density at radius 2 is 1.65 bits per heavy atom. The van der Waals surface area contributed by atoms with Crippen molar-refractivity contribution in [3.8, 4) is 0 Å². The van der Waals surface area contributed by atoms with Gasteiger partial charge in [0.25, 0.3) is 0 Å². The van der Waals surface area contributed by atoms with E-state index in [1.165, 1.54) is 7.11 Å². The van der Waals surface area contributed by atoms with Gasteiger partial charge < -0.3 is 14.0 Å². The second-order valence-corrected chi connectivity index (χ2v) is 15.1. The maximum absolute atomic E-state index is 11.5. The third-order valence-corrected chi connectivity index (χ3v) is 11.2. The van der Waals surface area contributed by atoms with Crippen LogP contribution in [0.25, 0.3) is 0 Å². The topological polar surface area (TPSA) is 72.8 Å². The number of rotatable bonds is 8. The van der Waals surface area contributed by atoms with Crippen LogP contribution in [0.4, 0.5) is 0 Å². The number of hydrogen-bond donors (Lipinski definition) is 1. The Morgan fingerprint density at radius 1 is 1.09 bits per heavy atom. The Labute approximate surface area is 139 Å². The Hall–Kier alpha value is -1.45. The minimum atomic E-state index is -2.10. The second-order valence-electron chi connectivity index (χ2n) is 6.69. The molecule has 5 nitrogen and oxygen atoms in total. The van der Waals surface area contributed by atoms with Gasteiger partial charge >= 0.3 is 11.9 Å². The summed E-state index contributed by atoms with van der Waals surface area (Å²) < 4.78 is 11.2. The van der Waals surface area contributed by atoms with Crippen LogP contribution in [0.3, 0.4) is 0 Å². The molecule has 0 spiro atoms. The van der Waals surface area contributed by atoms with Crippen molar-refractivity contribution < 1.29 is 23.5 Å². The minimum absolute atomic E-state index is 0.190. The van der Waals surface area contributed by atoms with E-state index in [4.69, 9.17) is 14.0 Å². The van der Waals surface area contributed by atoms with Crippen LogP contribution in [-0.4, -0.2) is 40.8 Å². The molecule has 1 aromatic rings. The fourth-order valence-electron chi connectivity index (χ4n) is 2.59. The van der Waals surface area contributed by atoms with Crippen molar-refractivity contribution >= 4 is 33.8 Å². The van der Waals surface area contributed by atoms with Crippen LogP contribution in [0.5, 0.6) is 0 Å². The Bertz CT molecular complexity index is 552. The second kappa shape index (κ2) is 7.89. The van der Waals surface area contributed by atoms with E-state index in [0.29, 0.717) is 12.0 Å². The average Bonchev–Trinajstić information content (AvgIpc) is 2.44. The lowest BCUT2D eigenvalue weighted by molar-refractivity contribution is -0.137. The molecule has 1 rings (SSSR count). The predicted octanol–water partition coefficient (Wildman–Crippen LogP) is 2.97. The molecule has 0 saturated heterocycles. The van der Waals surface area contributed by atoms with Gasteiger partial charge in [0.15, 0.2) is 8.32 Å². The lowest BCUT2D eigenvalue weighted by Gasteiger charge is -2.34. The number of carbonyl (C=O) groups excluding carboxylic acids is 1. The Morgan fingerprint density at radius 3 is 2.13 bits per heavy atom. The molecule has 0 radical (unpaired) electrons. The van der Waals surface area contributed by atoms with Crippen molar-refractivity contribution in [2.45, 2.75) is 45.1 Å². The number of carboxylic acid groups (broad SMARTS) is 1. The molecule has 23 heavy (non-hydrogen) atoms. The molecular formula is C16H26O5Si2. The first-order valence-corrected chi connectivity index (χ1v) is 13.7. The molecule has 128 valence electrons. The van der Waals surface area contributed by atoms with Gasteiger partial charge in [-0.3, -0.25) is 4.79 Å². The van der Waals surface area contributed by atoms with Gasteiger partial charge in [-0.2, -0.15) is 0 Å². The number of carboxylic acids is 1. The highest BCUT2D eigenvalue weighted by molar-refractivity contribution is 6.92. The van der Waals surface area contributed by atoms with E-state index in [-0.39, 0.29) is 12.4 Å². The number of carbonyl (C=O) groups is 2. The summed E-state index contributed by atoms with van der Waals surface area (Å²) in [6.45, 7) is 8.52. The highest BCUT2D eigenvalue weighted by atomic mass is 28.4. The minimum Gasteiger partial charge on any atom is -0.481 e. The summed E-state index contributed by atoms with van der Waals surface area (Å²) in [5, 5.41) is 9.87. The smallest absolute Gasteiger partial charge is 0.337 e. The molecule has 1 N–H and O–H groups in total. The highest BCUT2D eigenvalue weighted by Gasteiger charge is 2.34. The van der Waals surface area contributed by atoms with Crippen molar-refractivity contribution in [1.29, 1.82) is 0 Å². The first-order chi connectivity index (χ1) is 10.6. The number of benzene rings is 1. The number of esters is 1. The van der Waals surface area contributed by atoms with Gasteiger partial charge in [0.1, 0.15) is 0 Å². The molecule has 0 heterocycles. The molecule has 0 unspecified atom stereocenters. The Balaban J connectivity index is 2.77. The number of aliphatic carboxylic acids is 1. The van der Waals surface area contributed by atoms with Gasteiger partial charge in [-0.1, -0.05) is 12.1 Å².